The van der Waals surface area contributed by atoms with Crippen LogP contribution in [0.15, 0.2) is 78.9 Å². The Morgan fingerprint density at radius 3 is 2.00 bits per heavy atom. The van der Waals surface area contributed by atoms with Crippen molar-refractivity contribution in [1.82, 2.24) is 4.90 Å². The van der Waals surface area contributed by atoms with Crippen LogP contribution in [0.2, 0.25) is 0 Å². The molecule has 0 aliphatic heterocycles. The molecule has 5 heteroatoms. The second-order valence-corrected chi connectivity index (χ2v) is 7.20. The quantitative estimate of drug-likeness (QED) is 0.458. The molecule has 0 fully saturated rings. The van der Waals surface area contributed by atoms with E-state index in [0.717, 1.165) is 28.7 Å². The summed E-state index contributed by atoms with van der Waals surface area (Å²) < 4.78 is 5.70. The van der Waals surface area contributed by atoms with Crippen molar-refractivity contribution < 1.29 is 19.7 Å². The minimum Gasteiger partial charge on any atom is -0.508 e. The molecule has 3 aromatic rings. The van der Waals surface area contributed by atoms with Gasteiger partial charge in [0.1, 0.15) is 18.1 Å². The van der Waals surface area contributed by atoms with Crippen molar-refractivity contribution in [2.75, 3.05) is 20.2 Å². The summed E-state index contributed by atoms with van der Waals surface area (Å²) in [6.07, 6.45) is -0.129. The maximum Gasteiger partial charge on any atom is 0.407 e. The fraction of sp³-hybridized carbons (Fsp3) is 0.192. The van der Waals surface area contributed by atoms with Gasteiger partial charge in [0.15, 0.2) is 0 Å². The summed E-state index contributed by atoms with van der Waals surface area (Å²) >= 11 is 0. The van der Waals surface area contributed by atoms with Crippen molar-refractivity contribution in [3.63, 3.8) is 0 Å². The Balaban J connectivity index is 1.94. The zero-order valence-corrected chi connectivity index (χ0v) is 17.8. The van der Waals surface area contributed by atoms with E-state index in [4.69, 9.17) is 9.84 Å². The smallest absolute Gasteiger partial charge is 0.407 e. The molecular formula is C26H27NO4. The lowest BCUT2D eigenvalue weighted by atomic mass is 9.88. The molecule has 0 aliphatic rings. The highest BCUT2D eigenvalue weighted by Gasteiger charge is 2.13. The van der Waals surface area contributed by atoms with Gasteiger partial charge in [0, 0.05) is 7.05 Å². The summed E-state index contributed by atoms with van der Waals surface area (Å²) in [6, 6.07) is 25.3. The monoisotopic (exact) mass is 417 g/mol. The van der Waals surface area contributed by atoms with Crippen molar-refractivity contribution in [1.29, 1.82) is 0 Å². The lowest BCUT2D eigenvalue weighted by molar-refractivity contribution is 0.147. The topological polar surface area (TPSA) is 70.0 Å². The maximum atomic E-state index is 10.9. The van der Waals surface area contributed by atoms with E-state index >= 15 is 0 Å². The standard InChI is InChI=1S/C26H27NO4/c1-3-24(19-7-5-4-6-8-19)25(20-9-13-22(28)14-10-20)21-11-15-23(16-12-21)31-18-17-27(2)26(29)30/h4-16,28H,3,17-18H2,1-2H3,(H,29,30)/b25-24-. The van der Waals surface area contributed by atoms with E-state index < -0.39 is 6.09 Å². The third-order valence-corrected chi connectivity index (χ3v) is 5.10. The molecule has 0 atom stereocenters. The molecule has 0 unspecified atom stereocenters. The number of hydrogen-bond donors (Lipinski definition) is 2. The Morgan fingerprint density at radius 2 is 1.45 bits per heavy atom. The minimum absolute atomic E-state index is 0.232. The van der Waals surface area contributed by atoms with Crippen molar-refractivity contribution >= 4 is 17.2 Å². The summed E-state index contributed by atoms with van der Waals surface area (Å²) in [7, 11) is 1.51. The molecule has 1 amide bonds. The van der Waals surface area contributed by atoms with E-state index in [1.165, 1.54) is 17.5 Å². The van der Waals surface area contributed by atoms with Gasteiger partial charge in [-0.25, -0.2) is 4.79 Å². The molecule has 160 valence electrons. The van der Waals surface area contributed by atoms with Crippen LogP contribution in [-0.4, -0.2) is 41.4 Å². The second kappa shape index (κ2) is 10.3. The van der Waals surface area contributed by atoms with Gasteiger partial charge in [0.25, 0.3) is 0 Å². The van der Waals surface area contributed by atoms with E-state index in [0.29, 0.717) is 12.3 Å². The molecule has 0 bridgehead atoms. The SMILES string of the molecule is CC/C(=C(\c1ccc(O)cc1)c1ccc(OCCN(C)C(=O)O)cc1)c1ccccc1. The molecule has 5 nitrogen and oxygen atoms in total. The molecule has 0 saturated heterocycles. The molecule has 0 heterocycles. The number of phenolic OH excluding ortho intramolecular Hbond substituents is 1. The maximum absolute atomic E-state index is 10.9. The highest BCUT2D eigenvalue weighted by molar-refractivity contribution is 5.98. The normalized spacial score (nSPS) is 11.5. The van der Waals surface area contributed by atoms with Gasteiger partial charge in [-0.15, -0.1) is 0 Å². The highest BCUT2D eigenvalue weighted by Crippen LogP contribution is 2.35. The van der Waals surface area contributed by atoms with Gasteiger partial charge < -0.3 is 19.8 Å². The van der Waals surface area contributed by atoms with E-state index in [9.17, 15) is 9.90 Å². The number of phenols is 1. The van der Waals surface area contributed by atoms with E-state index in [-0.39, 0.29) is 12.4 Å². The molecule has 0 aliphatic carbocycles. The number of nitrogens with zero attached hydrogens (tertiary/aromatic N) is 1. The number of hydrogen-bond acceptors (Lipinski definition) is 3. The first kappa shape index (κ1) is 22.0. The van der Waals surface area contributed by atoms with Gasteiger partial charge in [-0.05, 0) is 58.5 Å². The Hall–Kier alpha value is -3.73. The number of benzene rings is 3. The lowest BCUT2D eigenvalue weighted by Crippen LogP contribution is -2.29. The van der Waals surface area contributed by atoms with E-state index in [1.54, 1.807) is 12.1 Å². The summed E-state index contributed by atoms with van der Waals surface area (Å²) in [6.45, 7) is 2.72. The molecule has 3 aromatic carbocycles. The van der Waals surface area contributed by atoms with Gasteiger partial charge in [-0.2, -0.15) is 0 Å². The minimum atomic E-state index is -0.976. The number of rotatable bonds is 8. The van der Waals surface area contributed by atoms with E-state index in [2.05, 4.69) is 19.1 Å². The van der Waals surface area contributed by atoms with Gasteiger partial charge >= 0.3 is 6.09 Å². The van der Waals surface area contributed by atoms with Crippen LogP contribution in [0.5, 0.6) is 11.5 Å². The van der Waals surface area contributed by atoms with Crippen LogP contribution in [0.3, 0.4) is 0 Å². The largest absolute Gasteiger partial charge is 0.508 e. The number of carboxylic acid groups (broad SMARTS) is 1. The van der Waals surface area contributed by atoms with Crippen molar-refractivity contribution in [2.24, 2.45) is 0 Å². The summed E-state index contributed by atoms with van der Waals surface area (Å²) in [5, 5.41) is 18.7. The van der Waals surface area contributed by atoms with Crippen LogP contribution in [-0.2, 0) is 0 Å². The average Bonchev–Trinajstić information content (AvgIpc) is 2.79. The van der Waals surface area contributed by atoms with Gasteiger partial charge in [0.05, 0.1) is 6.54 Å². The predicted octanol–water partition coefficient (Wildman–Crippen LogP) is 5.75. The summed E-state index contributed by atoms with van der Waals surface area (Å²) in [4.78, 5) is 12.1. The molecular weight excluding hydrogens is 390 g/mol. The van der Waals surface area contributed by atoms with Gasteiger partial charge in [-0.3, -0.25) is 0 Å². The van der Waals surface area contributed by atoms with Crippen LogP contribution in [0.25, 0.3) is 11.1 Å². The Kier molecular flexibility index (Phi) is 7.33. The molecule has 31 heavy (non-hydrogen) atoms. The van der Waals surface area contributed by atoms with Crippen molar-refractivity contribution in [3.8, 4) is 11.5 Å². The third-order valence-electron chi connectivity index (χ3n) is 5.10. The van der Waals surface area contributed by atoms with Gasteiger partial charge in [-0.1, -0.05) is 61.5 Å². The third kappa shape index (κ3) is 5.66. The number of carbonyl (C=O) groups is 1. The number of ether oxygens (including phenoxy) is 1. The Labute approximate surface area is 182 Å². The molecule has 3 rings (SSSR count). The lowest BCUT2D eigenvalue weighted by Gasteiger charge is -2.17. The molecule has 0 aromatic heterocycles. The van der Waals surface area contributed by atoms with Crippen LogP contribution in [0.1, 0.15) is 30.0 Å². The first-order chi connectivity index (χ1) is 15.0. The number of aromatic hydroxyl groups is 1. The van der Waals surface area contributed by atoms with Crippen LogP contribution < -0.4 is 4.74 Å². The second-order valence-electron chi connectivity index (χ2n) is 7.20. The number of likely N-dealkylation sites (N-methyl/N-ethyl adjacent to an activating group) is 1. The fourth-order valence-electron chi connectivity index (χ4n) is 3.42. The first-order valence-corrected chi connectivity index (χ1v) is 10.2. The number of amides is 1. The zero-order valence-electron chi connectivity index (χ0n) is 17.8. The Morgan fingerprint density at radius 1 is 0.871 bits per heavy atom. The highest BCUT2D eigenvalue weighted by atomic mass is 16.5. The van der Waals surface area contributed by atoms with Crippen molar-refractivity contribution in [3.05, 3.63) is 95.6 Å². The summed E-state index contributed by atoms with van der Waals surface area (Å²) in [5.41, 5.74) is 5.54. The predicted molar refractivity (Wildman–Crippen MR) is 123 cm³/mol. The van der Waals surface area contributed by atoms with E-state index in [1.807, 2.05) is 54.6 Å². The van der Waals surface area contributed by atoms with Gasteiger partial charge in [0.2, 0.25) is 0 Å². The fourth-order valence-corrected chi connectivity index (χ4v) is 3.42. The van der Waals surface area contributed by atoms with Crippen LogP contribution in [0.4, 0.5) is 4.79 Å². The molecule has 0 radical (unpaired) electrons. The molecule has 0 saturated carbocycles. The van der Waals surface area contributed by atoms with Crippen LogP contribution >= 0.6 is 0 Å². The zero-order chi connectivity index (χ0) is 22.2. The van der Waals surface area contributed by atoms with Crippen LogP contribution in [0, 0.1) is 0 Å². The molecule has 2 N–H and O–H groups in total. The molecule has 0 spiro atoms. The van der Waals surface area contributed by atoms with Crippen molar-refractivity contribution in [2.45, 2.75) is 13.3 Å². The summed E-state index contributed by atoms with van der Waals surface area (Å²) in [5.74, 6) is 0.918. The number of allylic oxidation sites excluding steroid dienone is 1. The first-order valence-electron chi connectivity index (χ1n) is 10.2. The average molecular weight is 418 g/mol. The Bertz CT molecular complexity index is 1030.